The Labute approximate surface area is 170 Å². The Morgan fingerprint density at radius 2 is 1.93 bits per heavy atom. The van der Waals surface area contributed by atoms with E-state index >= 15 is 0 Å². The van der Waals surface area contributed by atoms with Crippen LogP contribution in [-0.4, -0.2) is 6.61 Å². The summed E-state index contributed by atoms with van der Waals surface area (Å²) < 4.78 is 14.4. The SMILES string of the molecule is Cc1c(Br)c(=O)oc2c(C)c3c(cc12)C(C[n+]1cccc2ccccc21)CO3. The van der Waals surface area contributed by atoms with E-state index in [1.807, 2.05) is 13.8 Å². The number of fused-ring (bicyclic) bond motifs is 3. The standard InChI is InChI=1S/C23H19BrNO3/c1-13-17-10-18-16(11-25-9-5-7-15-6-3-4-8-19(15)25)12-27-21(18)14(2)22(17)28-23(26)20(13)24/h3-10,16H,11-12H2,1-2H3/q+1. The maximum atomic E-state index is 12.1. The molecule has 2 aromatic heterocycles. The Morgan fingerprint density at radius 3 is 2.79 bits per heavy atom. The van der Waals surface area contributed by atoms with Crippen LogP contribution >= 0.6 is 15.9 Å². The summed E-state index contributed by atoms with van der Waals surface area (Å²) in [6, 6.07) is 14.7. The zero-order valence-corrected chi connectivity index (χ0v) is 17.2. The first-order valence-electron chi connectivity index (χ1n) is 9.31. The highest BCUT2D eigenvalue weighted by atomic mass is 79.9. The third-order valence-corrected chi connectivity index (χ3v) is 6.59. The van der Waals surface area contributed by atoms with Gasteiger partial charge in [-0.05, 0) is 53.5 Å². The molecular formula is C23H19BrNO3+. The normalized spacial score (nSPS) is 15.8. The Hall–Kier alpha value is -2.66. The van der Waals surface area contributed by atoms with Gasteiger partial charge in [-0.15, -0.1) is 0 Å². The summed E-state index contributed by atoms with van der Waals surface area (Å²) in [5.74, 6) is 1.09. The highest BCUT2D eigenvalue weighted by Gasteiger charge is 2.31. The molecule has 28 heavy (non-hydrogen) atoms. The van der Waals surface area contributed by atoms with Crippen molar-refractivity contribution in [2.75, 3.05) is 6.61 Å². The minimum Gasteiger partial charge on any atom is -0.492 e. The second kappa shape index (κ2) is 6.45. The lowest BCUT2D eigenvalue weighted by molar-refractivity contribution is -0.674. The molecule has 0 radical (unpaired) electrons. The van der Waals surface area contributed by atoms with Gasteiger partial charge in [0, 0.05) is 34.0 Å². The van der Waals surface area contributed by atoms with Crippen molar-refractivity contribution in [2.24, 2.45) is 0 Å². The summed E-state index contributed by atoms with van der Waals surface area (Å²) in [6.07, 6.45) is 2.12. The average Bonchev–Trinajstić information content (AvgIpc) is 3.11. The minimum absolute atomic E-state index is 0.235. The smallest absolute Gasteiger partial charge is 0.350 e. The molecule has 0 aliphatic carbocycles. The molecule has 0 N–H and O–H groups in total. The lowest BCUT2D eigenvalue weighted by atomic mass is 9.95. The number of hydrogen-bond donors (Lipinski definition) is 0. The zero-order valence-electron chi connectivity index (χ0n) is 15.7. The van der Waals surface area contributed by atoms with E-state index in [4.69, 9.17) is 9.15 Å². The van der Waals surface area contributed by atoms with Gasteiger partial charge >= 0.3 is 5.63 Å². The van der Waals surface area contributed by atoms with Gasteiger partial charge in [0.05, 0.1) is 5.92 Å². The van der Waals surface area contributed by atoms with Gasteiger partial charge in [-0.2, -0.15) is 4.57 Å². The van der Waals surface area contributed by atoms with Crippen molar-refractivity contribution in [1.82, 2.24) is 0 Å². The first-order chi connectivity index (χ1) is 13.5. The maximum Gasteiger partial charge on any atom is 0.350 e. The number of rotatable bonds is 2. The molecule has 1 aliphatic rings. The number of ether oxygens (including phenoxy) is 1. The average molecular weight is 437 g/mol. The number of hydrogen-bond acceptors (Lipinski definition) is 3. The number of halogens is 1. The molecule has 1 aliphatic heterocycles. The number of nitrogens with zero attached hydrogens (tertiary/aromatic N) is 1. The van der Waals surface area contributed by atoms with E-state index in [2.05, 4.69) is 69.2 Å². The molecule has 0 saturated carbocycles. The van der Waals surface area contributed by atoms with Crippen molar-refractivity contribution in [3.8, 4) is 5.75 Å². The van der Waals surface area contributed by atoms with Gasteiger partial charge in [0.1, 0.15) is 22.4 Å². The van der Waals surface area contributed by atoms with Crippen molar-refractivity contribution in [3.05, 3.63) is 80.2 Å². The Kier molecular flexibility index (Phi) is 4.02. The van der Waals surface area contributed by atoms with Gasteiger partial charge < -0.3 is 9.15 Å². The van der Waals surface area contributed by atoms with E-state index in [1.54, 1.807) is 0 Å². The number of aromatic nitrogens is 1. The second-order valence-corrected chi connectivity index (χ2v) is 8.15. The third kappa shape index (κ3) is 2.57. The van der Waals surface area contributed by atoms with E-state index in [0.29, 0.717) is 16.7 Å². The molecule has 5 heteroatoms. The minimum atomic E-state index is -0.353. The van der Waals surface area contributed by atoms with Crippen molar-refractivity contribution < 1.29 is 13.7 Å². The van der Waals surface area contributed by atoms with E-state index in [9.17, 15) is 4.79 Å². The summed E-state index contributed by atoms with van der Waals surface area (Å²) in [5.41, 5.74) is 4.44. The molecular weight excluding hydrogens is 418 g/mol. The van der Waals surface area contributed by atoms with E-state index < -0.39 is 0 Å². The molecule has 4 aromatic rings. The van der Waals surface area contributed by atoms with Crippen LogP contribution in [0.2, 0.25) is 0 Å². The molecule has 0 spiro atoms. The van der Waals surface area contributed by atoms with E-state index in [1.165, 1.54) is 16.5 Å². The molecule has 4 nitrogen and oxygen atoms in total. The summed E-state index contributed by atoms with van der Waals surface area (Å²) in [4.78, 5) is 12.1. The van der Waals surface area contributed by atoms with Gasteiger partial charge in [0.25, 0.3) is 0 Å². The molecule has 3 heterocycles. The fourth-order valence-corrected chi connectivity index (χ4v) is 4.46. The molecule has 2 aromatic carbocycles. The first kappa shape index (κ1) is 17.4. The molecule has 1 unspecified atom stereocenters. The van der Waals surface area contributed by atoms with Crippen LogP contribution in [0, 0.1) is 13.8 Å². The van der Waals surface area contributed by atoms with Gasteiger partial charge in [-0.1, -0.05) is 12.1 Å². The van der Waals surface area contributed by atoms with Crippen LogP contribution in [0.25, 0.3) is 21.9 Å². The second-order valence-electron chi connectivity index (χ2n) is 7.35. The van der Waals surface area contributed by atoms with E-state index in [-0.39, 0.29) is 11.5 Å². The number of para-hydroxylation sites is 1. The quantitative estimate of drug-likeness (QED) is 0.335. The van der Waals surface area contributed by atoms with Gasteiger partial charge in [0.15, 0.2) is 12.7 Å². The first-order valence-corrected chi connectivity index (χ1v) is 10.1. The highest BCUT2D eigenvalue weighted by molar-refractivity contribution is 9.10. The van der Waals surface area contributed by atoms with E-state index in [0.717, 1.165) is 28.8 Å². The van der Waals surface area contributed by atoms with Crippen LogP contribution in [0.1, 0.15) is 22.6 Å². The van der Waals surface area contributed by atoms with Crippen LogP contribution < -0.4 is 14.9 Å². The third-order valence-electron chi connectivity index (χ3n) is 5.67. The number of benzene rings is 2. The van der Waals surface area contributed by atoms with Crippen molar-refractivity contribution >= 4 is 37.8 Å². The summed E-state index contributed by atoms with van der Waals surface area (Å²) >= 11 is 3.36. The summed E-state index contributed by atoms with van der Waals surface area (Å²) in [5, 5.41) is 2.18. The fraction of sp³-hybridized carbons (Fsp3) is 0.217. The predicted molar refractivity (Wildman–Crippen MR) is 112 cm³/mol. The van der Waals surface area contributed by atoms with Crippen molar-refractivity contribution in [1.29, 1.82) is 0 Å². The molecule has 140 valence electrons. The monoisotopic (exact) mass is 436 g/mol. The summed E-state index contributed by atoms with van der Waals surface area (Å²) in [7, 11) is 0. The predicted octanol–water partition coefficient (Wildman–Crippen LogP) is 4.79. The number of aryl methyl sites for hydroxylation is 2. The summed E-state index contributed by atoms with van der Waals surface area (Å²) in [6.45, 7) is 5.35. The molecule has 1 atom stereocenters. The van der Waals surface area contributed by atoms with Crippen LogP contribution in [0.4, 0.5) is 0 Å². The highest BCUT2D eigenvalue weighted by Crippen LogP contribution is 2.42. The maximum absolute atomic E-state index is 12.1. The Balaban J connectivity index is 1.65. The Bertz CT molecular complexity index is 1300. The largest absolute Gasteiger partial charge is 0.492 e. The van der Waals surface area contributed by atoms with Gasteiger partial charge in [-0.25, -0.2) is 4.79 Å². The van der Waals surface area contributed by atoms with Gasteiger partial charge in [-0.3, -0.25) is 0 Å². The van der Waals surface area contributed by atoms with Crippen LogP contribution in [-0.2, 0) is 6.54 Å². The topological polar surface area (TPSA) is 43.3 Å². The van der Waals surface area contributed by atoms with Crippen molar-refractivity contribution in [2.45, 2.75) is 26.3 Å². The van der Waals surface area contributed by atoms with Crippen LogP contribution in [0.5, 0.6) is 5.75 Å². The molecule has 5 rings (SSSR count). The molecule has 0 fully saturated rings. The molecule has 0 bridgehead atoms. The number of pyridine rings is 1. The molecule has 0 saturated heterocycles. The van der Waals surface area contributed by atoms with Crippen molar-refractivity contribution in [3.63, 3.8) is 0 Å². The zero-order chi connectivity index (χ0) is 19.4. The van der Waals surface area contributed by atoms with Gasteiger partial charge in [0.2, 0.25) is 5.52 Å². The fourth-order valence-electron chi connectivity index (χ4n) is 4.16. The molecule has 0 amide bonds. The lowest BCUT2D eigenvalue weighted by Crippen LogP contribution is -2.37. The Morgan fingerprint density at radius 1 is 1.14 bits per heavy atom. The van der Waals surface area contributed by atoms with Crippen LogP contribution in [0.3, 0.4) is 0 Å². The van der Waals surface area contributed by atoms with Crippen LogP contribution in [0.15, 0.2) is 62.3 Å². The lowest BCUT2D eigenvalue weighted by Gasteiger charge is -2.11.